The zero-order valence-electron chi connectivity index (χ0n) is 14.6. The van der Waals surface area contributed by atoms with Gasteiger partial charge in [0.2, 0.25) is 0 Å². The van der Waals surface area contributed by atoms with E-state index in [0.717, 1.165) is 36.4 Å². The first-order valence-electron chi connectivity index (χ1n) is 8.67. The van der Waals surface area contributed by atoms with E-state index in [1.165, 1.54) is 29.4 Å². The molecular weight excluding hydrogens is 322 g/mol. The Morgan fingerprint density at radius 1 is 1.21 bits per heavy atom. The first-order valence-corrected chi connectivity index (χ1v) is 8.67. The normalized spacial score (nSPS) is 23.2. The van der Waals surface area contributed by atoms with Crippen LogP contribution in [0.5, 0.6) is 0 Å². The van der Waals surface area contributed by atoms with Gasteiger partial charge in [-0.3, -0.25) is 4.79 Å². The van der Waals surface area contributed by atoms with Crippen molar-refractivity contribution in [3.8, 4) is 0 Å². The second-order valence-corrected chi connectivity index (χ2v) is 7.30. The Hall–Kier alpha value is -1.52. The van der Waals surface area contributed by atoms with E-state index >= 15 is 0 Å². The van der Waals surface area contributed by atoms with E-state index in [1.807, 2.05) is 4.90 Å². The lowest BCUT2D eigenvalue weighted by Crippen LogP contribution is -2.41. The lowest BCUT2D eigenvalue weighted by molar-refractivity contribution is 0.0780. The van der Waals surface area contributed by atoms with Gasteiger partial charge in [-0.25, -0.2) is 0 Å². The Bertz CT molecular complexity index is 769. The number of hydrogen-bond donors (Lipinski definition) is 2. The first-order chi connectivity index (χ1) is 11.0. The van der Waals surface area contributed by atoms with Crippen molar-refractivity contribution in [1.29, 1.82) is 0 Å². The average Bonchev–Trinajstić information content (AvgIpc) is 3.09. The molecule has 2 atom stereocenters. The summed E-state index contributed by atoms with van der Waals surface area (Å²) >= 11 is 0. The summed E-state index contributed by atoms with van der Waals surface area (Å²) in [7, 11) is 0. The minimum absolute atomic E-state index is 0. The molecular formula is C19H26ClN3O. The second kappa shape index (κ2) is 6.41. The highest BCUT2D eigenvalue weighted by Gasteiger charge is 2.37. The summed E-state index contributed by atoms with van der Waals surface area (Å²) in [4.78, 5) is 18.5. The third kappa shape index (κ3) is 2.72. The van der Waals surface area contributed by atoms with Gasteiger partial charge in [0.15, 0.2) is 0 Å². The number of aryl methyl sites for hydroxylation is 3. The van der Waals surface area contributed by atoms with Gasteiger partial charge in [0.05, 0.1) is 0 Å². The van der Waals surface area contributed by atoms with Crippen molar-refractivity contribution < 1.29 is 4.79 Å². The molecule has 5 heteroatoms. The van der Waals surface area contributed by atoms with Crippen molar-refractivity contribution in [1.82, 2.24) is 15.2 Å². The maximum absolute atomic E-state index is 13.0. The number of aromatic nitrogens is 1. The number of benzene rings is 1. The zero-order valence-corrected chi connectivity index (χ0v) is 15.4. The van der Waals surface area contributed by atoms with Crippen LogP contribution >= 0.6 is 12.4 Å². The van der Waals surface area contributed by atoms with Crippen molar-refractivity contribution in [2.24, 2.45) is 5.92 Å². The molecule has 0 unspecified atom stereocenters. The summed E-state index contributed by atoms with van der Waals surface area (Å²) in [6.07, 6.45) is 2.47. The van der Waals surface area contributed by atoms with Crippen LogP contribution in [0.3, 0.4) is 0 Å². The van der Waals surface area contributed by atoms with E-state index in [-0.39, 0.29) is 18.3 Å². The van der Waals surface area contributed by atoms with Gasteiger partial charge in [-0.15, -0.1) is 12.4 Å². The van der Waals surface area contributed by atoms with Crippen LogP contribution in [0.1, 0.15) is 40.0 Å². The van der Waals surface area contributed by atoms with Crippen LogP contribution in [0.25, 0.3) is 10.9 Å². The largest absolute Gasteiger partial charge is 0.350 e. The smallest absolute Gasteiger partial charge is 0.270 e. The Labute approximate surface area is 149 Å². The summed E-state index contributed by atoms with van der Waals surface area (Å²) in [5, 5.41) is 4.75. The van der Waals surface area contributed by atoms with E-state index < -0.39 is 0 Å². The van der Waals surface area contributed by atoms with E-state index in [9.17, 15) is 4.79 Å². The fraction of sp³-hybridized carbons (Fsp3) is 0.526. The fourth-order valence-electron chi connectivity index (χ4n) is 4.37. The maximum Gasteiger partial charge on any atom is 0.270 e. The van der Waals surface area contributed by atoms with Gasteiger partial charge in [-0.1, -0.05) is 11.6 Å². The van der Waals surface area contributed by atoms with Crippen LogP contribution in [0.15, 0.2) is 12.1 Å². The van der Waals surface area contributed by atoms with Crippen LogP contribution < -0.4 is 5.32 Å². The molecule has 2 aliphatic heterocycles. The van der Waals surface area contributed by atoms with Crippen LogP contribution in [0, 0.1) is 26.7 Å². The number of hydrogen-bond acceptors (Lipinski definition) is 2. The number of nitrogens with zero attached hydrogens (tertiary/aromatic N) is 1. The average molecular weight is 348 g/mol. The number of carbonyl (C=O) groups excluding carboxylic acids is 1. The molecule has 0 bridgehead atoms. The lowest BCUT2D eigenvalue weighted by Gasteiger charge is -2.24. The Kier molecular flexibility index (Phi) is 4.63. The second-order valence-electron chi connectivity index (χ2n) is 7.30. The Balaban J connectivity index is 0.00000169. The number of fused-ring (bicyclic) bond motifs is 2. The third-order valence-corrected chi connectivity index (χ3v) is 5.61. The Morgan fingerprint density at radius 3 is 2.75 bits per heavy atom. The van der Waals surface area contributed by atoms with Gasteiger partial charge in [-0.05, 0) is 63.3 Å². The van der Waals surface area contributed by atoms with Crippen molar-refractivity contribution in [2.75, 3.05) is 19.6 Å². The summed E-state index contributed by atoms with van der Waals surface area (Å²) in [6, 6.07) is 4.83. The molecule has 24 heavy (non-hydrogen) atoms. The highest BCUT2D eigenvalue weighted by atomic mass is 35.5. The topological polar surface area (TPSA) is 48.1 Å². The molecule has 0 saturated carbocycles. The van der Waals surface area contributed by atoms with E-state index in [1.54, 1.807) is 0 Å². The molecule has 2 fully saturated rings. The quantitative estimate of drug-likeness (QED) is 0.831. The van der Waals surface area contributed by atoms with Crippen molar-refractivity contribution in [2.45, 2.75) is 39.7 Å². The monoisotopic (exact) mass is 347 g/mol. The van der Waals surface area contributed by atoms with Crippen LogP contribution in [0.4, 0.5) is 0 Å². The Morgan fingerprint density at radius 2 is 2.00 bits per heavy atom. The van der Waals surface area contributed by atoms with Gasteiger partial charge >= 0.3 is 0 Å². The van der Waals surface area contributed by atoms with E-state index in [4.69, 9.17) is 0 Å². The van der Waals surface area contributed by atoms with Gasteiger partial charge in [0.25, 0.3) is 5.91 Å². The number of aromatic amines is 1. The molecule has 1 aromatic carbocycles. The fourth-order valence-corrected chi connectivity index (χ4v) is 4.37. The molecule has 0 radical (unpaired) electrons. The van der Waals surface area contributed by atoms with Gasteiger partial charge in [0, 0.05) is 30.0 Å². The number of rotatable bonds is 1. The van der Waals surface area contributed by atoms with E-state index in [2.05, 4.69) is 43.2 Å². The molecule has 0 aliphatic carbocycles. The molecule has 4 rings (SSSR count). The SMILES string of the molecule is Cc1cc(C)c2[nH]c(C(=O)N3C[C@@H]4CCCN[C@@H]4C3)c(C)c2c1.Cl. The van der Waals surface area contributed by atoms with Crippen LogP contribution in [-0.4, -0.2) is 41.5 Å². The molecule has 3 heterocycles. The molecule has 1 amide bonds. The minimum atomic E-state index is 0. The summed E-state index contributed by atoms with van der Waals surface area (Å²) in [6.45, 7) is 9.10. The van der Waals surface area contributed by atoms with Gasteiger partial charge in [0.1, 0.15) is 5.69 Å². The predicted molar refractivity (Wildman–Crippen MR) is 100 cm³/mol. The molecule has 4 nitrogen and oxygen atoms in total. The number of nitrogens with one attached hydrogen (secondary N) is 2. The standard InChI is InChI=1S/C19H25N3O.ClH/c1-11-7-12(2)17-15(8-11)13(3)18(21-17)19(23)22-9-14-5-4-6-20-16(14)10-22;/h7-8,14,16,20-21H,4-6,9-10H2,1-3H3;1H/t14-,16+;/m0./s1. The number of likely N-dealkylation sites (tertiary alicyclic amines) is 1. The molecule has 2 aliphatic rings. The number of halogens is 1. The predicted octanol–water partition coefficient (Wildman–Crippen LogP) is 3.34. The maximum atomic E-state index is 13.0. The minimum Gasteiger partial charge on any atom is -0.350 e. The van der Waals surface area contributed by atoms with Crippen LogP contribution in [0.2, 0.25) is 0 Å². The summed E-state index contributed by atoms with van der Waals surface area (Å²) in [5.74, 6) is 0.785. The molecule has 0 spiro atoms. The highest BCUT2D eigenvalue weighted by Crippen LogP contribution is 2.30. The summed E-state index contributed by atoms with van der Waals surface area (Å²) < 4.78 is 0. The highest BCUT2D eigenvalue weighted by molar-refractivity contribution is 6.01. The van der Waals surface area contributed by atoms with Crippen molar-refractivity contribution in [3.63, 3.8) is 0 Å². The van der Waals surface area contributed by atoms with Crippen LogP contribution in [-0.2, 0) is 0 Å². The molecule has 2 N–H and O–H groups in total. The molecule has 1 aromatic heterocycles. The third-order valence-electron chi connectivity index (χ3n) is 5.61. The van der Waals surface area contributed by atoms with Gasteiger partial charge in [-0.2, -0.15) is 0 Å². The molecule has 2 aromatic rings. The number of piperidine rings is 1. The molecule has 2 saturated heterocycles. The summed E-state index contributed by atoms with van der Waals surface area (Å²) in [5.41, 5.74) is 5.41. The van der Waals surface area contributed by atoms with E-state index in [0.29, 0.717) is 12.0 Å². The number of carbonyl (C=O) groups is 1. The van der Waals surface area contributed by atoms with Gasteiger partial charge < -0.3 is 15.2 Å². The lowest BCUT2D eigenvalue weighted by atomic mass is 9.94. The number of amides is 1. The number of H-pyrrole nitrogens is 1. The first kappa shape index (κ1) is 17.3. The zero-order chi connectivity index (χ0) is 16.1. The molecule has 130 valence electrons. The van der Waals surface area contributed by atoms with Crippen molar-refractivity contribution >= 4 is 29.2 Å². The van der Waals surface area contributed by atoms with Crippen molar-refractivity contribution in [3.05, 3.63) is 34.5 Å².